The normalized spacial score (nSPS) is 16.8. The summed E-state index contributed by atoms with van der Waals surface area (Å²) in [6.07, 6.45) is 6.38. The molecule has 2 aromatic rings. The molecule has 0 aliphatic heterocycles. The van der Waals surface area contributed by atoms with Gasteiger partial charge in [0, 0.05) is 25.9 Å². The minimum Gasteiger partial charge on any atom is -0.388 e. The molecule has 1 heterocycles. The van der Waals surface area contributed by atoms with Crippen LogP contribution in [0.2, 0.25) is 0 Å². The summed E-state index contributed by atoms with van der Waals surface area (Å²) in [5, 5.41) is 10.2. The predicted octanol–water partition coefficient (Wildman–Crippen LogP) is 2.57. The van der Waals surface area contributed by atoms with Crippen LogP contribution in [-0.2, 0) is 13.5 Å². The first-order chi connectivity index (χ1) is 8.74. The smallest absolute Gasteiger partial charge is 0.111 e. The summed E-state index contributed by atoms with van der Waals surface area (Å²) >= 11 is 0. The molecule has 18 heavy (non-hydrogen) atoms. The van der Waals surface area contributed by atoms with Crippen molar-refractivity contribution in [3.63, 3.8) is 0 Å². The molecule has 1 fully saturated rings. The molecule has 0 bridgehead atoms. The number of imidazole rings is 1. The third kappa shape index (κ3) is 2.31. The molecule has 1 N–H and O–H groups in total. The van der Waals surface area contributed by atoms with Crippen molar-refractivity contribution in [3.05, 3.63) is 53.6 Å². The highest BCUT2D eigenvalue weighted by Crippen LogP contribution is 2.40. The summed E-state index contributed by atoms with van der Waals surface area (Å²) in [6.45, 7) is 0. The quantitative estimate of drug-likeness (QED) is 0.894. The van der Waals surface area contributed by atoms with Crippen LogP contribution in [0.15, 0.2) is 36.7 Å². The van der Waals surface area contributed by atoms with E-state index < -0.39 is 6.10 Å². The van der Waals surface area contributed by atoms with Gasteiger partial charge in [-0.1, -0.05) is 24.3 Å². The van der Waals surface area contributed by atoms with Crippen molar-refractivity contribution in [2.24, 2.45) is 7.05 Å². The number of hydrogen-bond donors (Lipinski definition) is 1. The van der Waals surface area contributed by atoms with Crippen molar-refractivity contribution < 1.29 is 5.11 Å². The minimum absolute atomic E-state index is 0.473. The molecule has 1 aliphatic carbocycles. The van der Waals surface area contributed by atoms with E-state index in [1.54, 1.807) is 6.20 Å². The molecule has 1 saturated carbocycles. The van der Waals surface area contributed by atoms with Crippen LogP contribution in [0.1, 0.15) is 41.8 Å². The number of aliphatic hydroxyl groups is 1. The van der Waals surface area contributed by atoms with E-state index in [-0.39, 0.29) is 0 Å². The van der Waals surface area contributed by atoms with E-state index in [0.29, 0.717) is 6.42 Å². The first-order valence-electron chi connectivity index (χ1n) is 6.48. The Kier molecular flexibility index (Phi) is 2.92. The number of benzene rings is 1. The van der Waals surface area contributed by atoms with E-state index in [1.165, 1.54) is 18.4 Å². The van der Waals surface area contributed by atoms with Gasteiger partial charge in [-0.3, -0.25) is 0 Å². The number of aromatic nitrogens is 2. The van der Waals surface area contributed by atoms with Gasteiger partial charge in [0.05, 0.1) is 6.10 Å². The highest BCUT2D eigenvalue weighted by molar-refractivity contribution is 5.29. The number of rotatable bonds is 4. The van der Waals surface area contributed by atoms with Crippen molar-refractivity contribution >= 4 is 0 Å². The molecule has 3 nitrogen and oxygen atoms in total. The summed E-state index contributed by atoms with van der Waals surface area (Å²) in [7, 11) is 1.95. The van der Waals surface area contributed by atoms with Crippen molar-refractivity contribution in [1.82, 2.24) is 9.55 Å². The molecule has 3 rings (SSSR count). The lowest BCUT2D eigenvalue weighted by molar-refractivity contribution is 0.175. The molecule has 1 aliphatic rings. The topological polar surface area (TPSA) is 38.0 Å². The molecule has 1 aromatic heterocycles. The van der Waals surface area contributed by atoms with Crippen LogP contribution >= 0.6 is 0 Å². The Morgan fingerprint density at radius 2 is 2.06 bits per heavy atom. The van der Waals surface area contributed by atoms with Gasteiger partial charge in [-0.15, -0.1) is 0 Å². The van der Waals surface area contributed by atoms with Gasteiger partial charge < -0.3 is 9.67 Å². The number of aliphatic hydroxyl groups excluding tert-OH is 1. The number of hydrogen-bond acceptors (Lipinski definition) is 2. The van der Waals surface area contributed by atoms with E-state index in [0.717, 1.165) is 17.3 Å². The van der Waals surface area contributed by atoms with Crippen LogP contribution in [0, 0.1) is 0 Å². The largest absolute Gasteiger partial charge is 0.388 e. The van der Waals surface area contributed by atoms with E-state index >= 15 is 0 Å². The molecular formula is C15H18N2O. The van der Waals surface area contributed by atoms with E-state index in [4.69, 9.17) is 0 Å². The zero-order valence-electron chi connectivity index (χ0n) is 10.6. The fraction of sp³-hybridized carbons (Fsp3) is 0.400. The second-order valence-electron chi connectivity index (χ2n) is 5.12. The Hall–Kier alpha value is -1.61. The molecule has 1 unspecified atom stereocenters. The fourth-order valence-corrected chi connectivity index (χ4v) is 2.29. The lowest BCUT2D eigenvalue weighted by Crippen LogP contribution is -2.06. The third-order valence-electron chi connectivity index (χ3n) is 3.67. The van der Waals surface area contributed by atoms with Gasteiger partial charge in [0.2, 0.25) is 0 Å². The van der Waals surface area contributed by atoms with Gasteiger partial charge in [-0.2, -0.15) is 0 Å². The van der Waals surface area contributed by atoms with Crippen molar-refractivity contribution in [3.8, 4) is 0 Å². The molecule has 1 aromatic carbocycles. The fourth-order valence-electron chi connectivity index (χ4n) is 2.29. The van der Waals surface area contributed by atoms with E-state index in [1.807, 2.05) is 29.9 Å². The average Bonchev–Trinajstić information content (AvgIpc) is 3.16. The van der Waals surface area contributed by atoms with Crippen molar-refractivity contribution in [2.75, 3.05) is 0 Å². The lowest BCUT2D eigenvalue weighted by Gasteiger charge is -2.11. The average molecular weight is 242 g/mol. The Bertz CT molecular complexity index is 526. The van der Waals surface area contributed by atoms with E-state index in [9.17, 15) is 5.11 Å². The summed E-state index contributed by atoms with van der Waals surface area (Å²) < 4.78 is 1.95. The van der Waals surface area contributed by atoms with Crippen molar-refractivity contribution in [2.45, 2.75) is 31.3 Å². The Morgan fingerprint density at radius 1 is 1.33 bits per heavy atom. The second kappa shape index (κ2) is 4.58. The van der Waals surface area contributed by atoms with Crippen LogP contribution in [0.4, 0.5) is 0 Å². The first kappa shape index (κ1) is 11.5. The van der Waals surface area contributed by atoms with Crippen LogP contribution in [0.3, 0.4) is 0 Å². The molecular weight excluding hydrogens is 224 g/mol. The van der Waals surface area contributed by atoms with Crippen LogP contribution in [0.25, 0.3) is 0 Å². The SMILES string of the molecule is Cn1ccnc1CC(O)c1ccc(C2CC2)cc1. The van der Waals surface area contributed by atoms with Crippen molar-refractivity contribution in [1.29, 1.82) is 0 Å². The number of nitrogens with zero attached hydrogens (tertiary/aromatic N) is 2. The molecule has 1 atom stereocenters. The zero-order valence-corrected chi connectivity index (χ0v) is 10.6. The van der Waals surface area contributed by atoms with Gasteiger partial charge >= 0.3 is 0 Å². The third-order valence-corrected chi connectivity index (χ3v) is 3.67. The molecule has 3 heteroatoms. The maximum Gasteiger partial charge on any atom is 0.111 e. The molecule has 0 amide bonds. The maximum absolute atomic E-state index is 10.2. The zero-order chi connectivity index (χ0) is 12.5. The molecule has 0 spiro atoms. The summed E-state index contributed by atoms with van der Waals surface area (Å²) in [5.74, 6) is 1.68. The number of aryl methyl sites for hydroxylation is 1. The maximum atomic E-state index is 10.2. The summed E-state index contributed by atoms with van der Waals surface area (Å²) in [5.41, 5.74) is 2.38. The van der Waals surface area contributed by atoms with Gasteiger partial charge in [-0.05, 0) is 29.9 Å². The van der Waals surface area contributed by atoms with Gasteiger partial charge in [0.1, 0.15) is 5.82 Å². The van der Waals surface area contributed by atoms with Crippen LogP contribution in [-0.4, -0.2) is 14.7 Å². The highest BCUT2D eigenvalue weighted by atomic mass is 16.3. The van der Waals surface area contributed by atoms with E-state index in [2.05, 4.69) is 17.1 Å². The Labute approximate surface area is 107 Å². The molecule has 0 radical (unpaired) electrons. The van der Waals surface area contributed by atoms with Gasteiger partial charge in [0.25, 0.3) is 0 Å². The first-order valence-corrected chi connectivity index (χ1v) is 6.48. The van der Waals surface area contributed by atoms with Crippen LogP contribution in [0.5, 0.6) is 0 Å². The summed E-state index contributed by atoms with van der Waals surface area (Å²) in [6, 6.07) is 8.38. The standard InChI is InChI=1S/C15H18N2O/c1-17-9-8-16-15(17)10-14(18)13-6-4-12(5-7-13)11-2-3-11/h4-9,11,14,18H,2-3,10H2,1H3. The predicted molar refractivity (Wildman–Crippen MR) is 70.3 cm³/mol. The van der Waals surface area contributed by atoms with Crippen LogP contribution < -0.4 is 0 Å². The Balaban J connectivity index is 1.71. The van der Waals surface area contributed by atoms with Gasteiger partial charge in [-0.25, -0.2) is 4.98 Å². The van der Waals surface area contributed by atoms with Gasteiger partial charge in [0.15, 0.2) is 0 Å². The molecule has 0 saturated heterocycles. The minimum atomic E-state index is -0.473. The summed E-state index contributed by atoms with van der Waals surface area (Å²) in [4.78, 5) is 4.24. The molecule has 94 valence electrons. The second-order valence-corrected chi connectivity index (χ2v) is 5.12. The Morgan fingerprint density at radius 3 is 2.61 bits per heavy atom. The monoisotopic (exact) mass is 242 g/mol. The highest BCUT2D eigenvalue weighted by Gasteiger charge is 2.23. The lowest BCUT2D eigenvalue weighted by atomic mass is 10.0.